The predicted molar refractivity (Wildman–Crippen MR) is 72.9 cm³/mol. The number of aliphatic hydroxyl groups is 1. The molecule has 2 unspecified atom stereocenters. The first kappa shape index (κ1) is 14.2. The quantitative estimate of drug-likeness (QED) is 0.796. The molecule has 1 aromatic rings. The third kappa shape index (κ3) is 3.30. The van der Waals surface area contributed by atoms with Crippen molar-refractivity contribution in [1.82, 2.24) is 0 Å². The van der Waals surface area contributed by atoms with Crippen molar-refractivity contribution in [3.8, 4) is 0 Å². The monoisotopic (exact) mass is 235 g/mol. The van der Waals surface area contributed by atoms with Crippen LogP contribution in [-0.2, 0) is 5.41 Å². The summed E-state index contributed by atoms with van der Waals surface area (Å²) in [5.74, 6) is 0.628. The normalized spacial score (nSPS) is 16.8. The van der Waals surface area contributed by atoms with Gasteiger partial charge in [-0.2, -0.15) is 0 Å². The lowest BCUT2D eigenvalue weighted by atomic mass is 9.72. The van der Waals surface area contributed by atoms with Gasteiger partial charge < -0.3 is 10.8 Å². The van der Waals surface area contributed by atoms with E-state index in [4.69, 9.17) is 5.73 Å². The van der Waals surface area contributed by atoms with Crippen LogP contribution in [0.15, 0.2) is 30.3 Å². The number of nitrogens with two attached hydrogens (primary N) is 1. The zero-order valence-electron chi connectivity index (χ0n) is 11.2. The smallest absolute Gasteiger partial charge is 0.0620 e. The molecule has 2 atom stereocenters. The molecule has 0 saturated carbocycles. The van der Waals surface area contributed by atoms with E-state index in [1.807, 2.05) is 25.1 Å². The minimum atomic E-state index is -0.423. The van der Waals surface area contributed by atoms with Crippen LogP contribution in [0.1, 0.15) is 39.2 Å². The molecule has 0 fully saturated rings. The molecule has 2 heteroatoms. The summed E-state index contributed by atoms with van der Waals surface area (Å²) in [6.07, 6.45) is 1.59. The topological polar surface area (TPSA) is 46.2 Å². The van der Waals surface area contributed by atoms with Crippen molar-refractivity contribution in [3.63, 3.8) is 0 Å². The van der Waals surface area contributed by atoms with Crippen LogP contribution in [0.2, 0.25) is 0 Å². The Morgan fingerprint density at radius 3 is 2.18 bits per heavy atom. The van der Waals surface area contributed by atoms with Crippen LogP contribution in [0.25, 0.3) is 0 Å². The highest BCUT2D eigenvalue weighted by molar-refractivity contribution is 5.27. The van der Waals surface area contributed by atoms with Crippen LogP contribution in [0.4, 0.5) is 0 Å². The van der Waals surface area contributed by atoms with Crippen molar-refractivity contribution >= 4 is 0 Å². The summed E-state index contributed by atoms with van der Waals surface area (Å²) in [7, 11) is 0. The van der Waals surface area contributed by atoms with E-state index >= 15 is 0 Å². The maximum Gasteiger partial charge on any atom is 0.0620 e. The van der Waals surface area contributed by atoms with E-state index < -0.39 is 6.10 Å². The van der Waals surface area contributed by atoms with Gasteiger partial charge in [0.15, 0.2) is 0 Å². The molecule has 1 aromatic carbocycles. The van der Waals surface area contributed by atoms with Gasteiger partial charge in [-0.3, -0.25) is 0 Å². The second-order valence-corrected chi connectivity index (χ2v) is 5.33. The van der Waals surface area contributed by atoms with Crippen LogP contribution in [0, 0.1) is 5.92 Å². The predicted octanol–water partition coefficient (Wildman–Crippen LogP) is 2.70. The van der Waals surface area contributed by atoms with Crippen molar-refractivity contribution < 1.29 is 5.11 Å². The molecular formula is C15H25NO. The first-order chi connectivity index (χ1) is 8.03. The Hall–Kier alpha value is -0.860. The van der Waals surface area contributed by atoms with Gasteiger partial charge >= 0.3 is 0 Å². The first-order valence-electron chi connectivity index (χ1n) is 6.46. The van der Waals surface area contributed by atoms with E-state index in [1.54, 1.807) is 0 Å². The van der Waals surface area contributed by atoms with Gasteiger partial charge in [0.2, 0.25) is 0 Å². The molecule has 0 spiro atoms. The number of rotatable bonds is 6. The fourth-order valence-corrected chi connectivity index (χ4v) is 2.30. The number of aliphatic hydroxyl groups excluding tert-OH is 1. The fourth-order valence-electron chi connectivity index (χ4n) is 2.30. The standard InChI is InChI=1S/C15H25NO/c1-12(2)9-10-15(11-16,13(3)17)14-7-5-4-6-8-14/h4-8,12-13,17H,9-11,16H2,1-3H3. The minimum Gasteiger partial charge on any atom is -0.392 e. The van der Waals surface area contributed by atoms with Gasteiger partial charge in [0.05, 0.1) is 6.10 Å². The molecule has 17 heavy (non-hydrogen) atoms. The van der Waals surface area contributed by atoms with E-state index in [-0.39, 0.29) is 5.41 Å². The molecule has 0 aliphatic heterocycles. The van der Waals surface area contributed by atoms with Gasteiger partial charge in [-0.1, -0.05) is 44.2 Å². The highest BCUT2D eigenvalue weighted by Gasteiger charge is 2.35. The van der Waals surface area contributed by atoms with Gasteiger partial charge in [0, 0.05) is 12.0 Å². The second-order valence-electron chi connectivity index (χ2n) is 5.33. The molecule has 0 saturated heterocycles. The Kier molecular flexibility index (Phi) is 5.16. The lowest BCUT2D eigenvalue weighted by Crippen LogP contribution is -2.44. The Bertz CT molecular complexity index is 321. The highest BCUT2D eigenvalue weighted by Crippen LogP contribution is 2.33. The molecular weight excluding hydrogens is 210 g/mol. The van der Waals surface area contributed by atoms with Gasteiger partial charge in [0.25, 0.3) is 0 Å². The molecule has 0 aromatic heterocycles. The maximum atomic E-state index is 10.1. The van der Waals surface area contributed by atoms with Crippen molar-refractivity contribution in [2.45, 2.75) is 45.1 Å². The Balaban J connectivity index is 3.00. The molecule has 2 nitrogen and oxygen atoms in total. The van der Waals surface area contributed by atoms with Crippen molar-refractivity contribution in [2.75, 3.05) is 6.54 Å². The van der Waals surface area contributed by atoms with E-state index in [1.165, 1.54) is 0 Å². The fraction of sp³-hybridized carbons (Fsp3) is 0.600. The number of hydrogen-bond acceptors (Lipinski definition) is 2. The lowest BCUT2D eigenvalue weighted by Gasteiger charge is -2.36. The molecule has 0 aliphatic carbocycles. The molecule has 3 N–H and O–H groups in total. The Morgan fingerprint density at radius 1 is 1.18 bits per heavy atom. The van der Waals surface area contributed by atoms with Crippen LogP contribution in [0.3, 0.4) is 0 Å². The van der Waals surface area contributed by atoms with Crippen LogP contribution in [0.5, 0.6) is 0 Å². The third-order valence-electron chi connectivity index (χ3n) is 3.68. The Morgan fingerprint density at radius 2 is 1.76 bits per heavy atom. The first-order valence-corrected chi connectivity index (χ1v) is 6.46. The van der Waals surface area contributed by atoms with Gasteiger partial charge in [-0.25, -0.2) is 0 Å². The number of benzene rings is 1. The molecule has 0 bridgehead atoms. The molecule has 1 rings (SSSR count). The summed E-state index contributed by atoms with van der Waals surface area (Å²) in [5, 5.41) is 10.1. The SMILES string of the molecule is CC(C)CCC(CN)(c1ccccc1)C(C)O. The summed E-state index contributed by atoms with van der Waals surface area (Å²) < 4.78 is 0. The van der Waals surface area contributed by atoms with Crippen LogP contribution in [-0.4, -0.2) is 17.8 Å². The zero-order chi connectivity index (χ0) is 12.9. The average molecular weight is 235 g/mol. The van der Waals surface area contributed by atoms with E-state index in [0.717, 1.165) is 18.4 Å². The number of hydrogen-bond donors (Lipinski definition) is 2. The summed E-state index contributed by atoms with van der Waals surface area (Å²) >= 11 is 0. The molecule has 96 valence electrons. The van der Waals surface area contributed by atoms with Crippen LogP contribution >= 0.6 is 0 Å². The van der Waals surface area contributed by atoms with Crippen molar-refractivity contribution in [3.05, 3.63) is 35.9 Å². The lowest BCUT2D eigenvalue weighted by molar-refractivity contribution is 0.0903. The Labute approximate surface area is 105 Å². The summed E-state index contributed by atoms with van der Waals surface area (Å²) in [6, 6.07) is 10.2. The molecule has 0 amide bonds. The van der Waals surface area contributed by atoms with Gasteiger partial charge in [-0.05, 0) is 31.2 Å². The van der Waals surface area contributed by atoms with E-state index in [2.05, 4.69) is 26.0 Å². The summed E-state index contributed by atoms with van der Waals surface area (Å²) in [4.78, 5) is 0. The molecule has 0 heterocycles. The maximum absolute atomic E-state index is 10.1. The average Bonchev–Trinajstić information content (AvgIpc) is 2.31. The van der Waals surface area contributed by atoms with E-state index in [0.29, 0.717) is 12.5 Å². The minimum absolute atomic E-state index is 0.300. The largest absolute Gasteiger partial charge is 0.392 e. The summed E-state index contributed by atoms with van der Waals surface area (Å²) in [6.45, 7) is 6.74. The highest BCUT2D eigenvalue weighted by atomic mass is 16.3. The second kappa shape index (κ2) is 6.18. The summed E-state index contributed by atoms with van der Waals surface area (Å²) in [5.41, 5.74) is 6.82. The molecule has 0 radical (unpaired) electrons. The molecule has 0 aliphatic rings. The third-order valence-corrected chi connectivity index (χ3v) is 3.68. The van der Waals surface area contributed by atoms with Crippen molar-refractivity contribution in [2.24, 2.45) is 11.7 Å². The van der Waals surface area contributed by atoms with E-state index in [9.17, 15) is 5.11 Å². The van der Waals surface area contributed by atoms with Gasteiger partial charge in [-0.15, -0.1) is 0 Å². The van der Waals surface area contributed by atoms with Gasteiger partial charge in [0.1, 0.15) is 0 Å². The van der Waals surface area contributed by atoms with Crippen molar-refractivity contribution in [1.29, 1.82) is 0 Å². The zero-order valence-corrected chi connectivity index (χ0v) is 11.2. The van der Waals surface area contributed by atoms with Crippen LogP contribution < -0.4 is 5.73 Å².